The van der Waals surface area contributed by atoms with Gasteiger partial charge in [-0.05, 0) is 55.4 Å². The van der Waals surface area contributed by atoms with Crippen molar-refractivity contribution in [3.8, 4) is 0 Å². The van der Waals surface area contributed by atoms with Gasteiger partial charge in [-0.15, -0.1) is 0 Å². The lowest BCUT2D eigenvalue weighted by Crippen LogP contribution is -2.50. The molecule has 2 rings (SSSR count). The van der Waals surface area contributed by atoms with Crippen LogP contribution in [0.25, 0.3) is 0 Å². The molecule has 0 spiro atoms. The third-order valence-corrected chi connectivity index (χ3v) is 6.90. The fourth-order valence-corrected chi connectivity index (χ4v) is 3.93. The van der Waals surface area contributed by atoms with Gasteiger partial charge in [0.2, 0.25) is 11.8 Å². The number of rotatable bonds is 16. The molecule has 10 nitrogen and oxygen atoms in total. The van der Waals surface area contributed by atoms with E-state index in [2.05, 4.69) is 31.2 Å². The molecular formula is C29H42N6O4. The molecule has 2 aromatic rings. The van der Waals surface area contributed by atoms with Gasteiger partial charge < -0.3 is 21.3 Å². The van der Waals surface area contributed by atoms with Crippen molar-refractivity contribution in [2.75, 3.05) is 13.1 Å². The van der Waals surface area contributed by atoms with E-state index in [4.69, 9.17) is 0 Å². The first kappa shape index (κ1) is 31.4. The Kier molecular flexibility index (Phi) is 13.6. The van der Waals surface area contributed by atoms with E-state index in [9.17, 15) is 19.2 Å². The van der Waals surface area contributed by atoms with Crippen molar-refractivity contribution >= 4 is 23.6 Å². The zero-order chi connectivity index (χ0) is 28.6. The van der Waals surface area contributed by atoms with E-state index >= 15 is 0 Å². The average Bonchev–Trinajstić information content (AvgIpc) is 2.97. The van der Waals surface area contributed by atoms with Crippen molar-refractivity contribution < 1.29 is 19.2 Å². The van der Waals surface area contributed by atoms with E-state index in [1.807, 2.05) is 27.7 Å². The van der Waals surface area contributed by atoms with E-state index in [1.165, 1.54) is 0 Å². The Hall–Kier alpha value is -3.82. The van der Waals surface area contributed by atoms with Crippen LogP contribution in [0.2, 0.25) is 0 Å². The van der Waals surface area contributed by atoms with Crippen LogP contribution in [0.5, 0.6) is 0 Å². The number of nitrogens with zero attached hydrogens (tertiary/aromatic N) is 2. The molecule has 0 aliphatic heterocycles. The molecular weight excluding hydrogens is 496 g/mol. The Morgan fingerprint density at radius 1 is 0.641 bits per heavy atom. The highest BCUT2D eigenvalue weighted by Gasteiger charge is 2.27. The molecule has 2 aromatic heterocycles. The molecule has 212 valence electrons. The number of pyridine rings is 2. The summed E-state index contributed by atoms with van der Waals surface area (Å²) in [6, 6.07) is 5.18. The van der Waals surface area contributed by atoms with Crippen LogP contribution in [-0.2, 0) is 9.59 Å². The predicted molar refractivity (Wildman–Crippen MR) is 150 cm³/mol. The second-order valence-corrected chi connectivity index (χ2v) is 9.79. The number of nitrogens with one attached hydrogen (secondary N) is 4. The maximum Gasteiger partial charge on any atom is 0.252 e. The molecule has 0 saturated heterocycles. The summed E-state index contributed by atoms with van der Waals surface area (Å²) in [5.74, 6) is -1.07. The smallest absolute Gasteiger partial charge is 0.252 e. The second-order valence-electron chi connectivity index (χ2n) is 9.79. The van der Waals surface area contributed by atoms with E-state index in [0.717, 1.165) is 32.1 Å². The lowest BCUT2D eigenvalue weighted by molar-refractivity contribution is -0.124. The molecule has 2 heterocycles. The summed E-state index contributed by atoms with van der Waals surface area (Å²) >= 11 is 0. The van der Waals surface area contributed by atoms with Gasteiger partial charge >= 0.3 is 0 Å². The molecule has 10 heteroatoms. The monoisotopic (exact) mass is 538 g/mol. The van der Waals surface area contributed by atoms with E-state index in [0.29, 0.717) is 24.2 Å². The Bertz CT molecular complexity index is 967. The third-order valence-electron chi connectivity index (χ3n) is 6.90. The number of unbranched alkanes of at least 4 members (excludes halogenated alkanes) is 2. The maximum atomic E-state index is 12.8. The minimum absolute atomic E-state index is 0.0245. The van der Waals surface area contributed by atoms with E-state index in [1.54, 1.807) is 49.1 Å². The molecule has 0 aromatic carbocycles. The first-order chi connectivity index (χ1) is 18.8. The molecule has 0 aliphatic rings. The van der Waals surface area contributed by atoms with Crippen molar-refractivity contribution in [3.05, 3.63) is 60.2 Å². The summed E-state index contributed by atoms with van der Waals surface area (Å²) < 4.78 is 0. The number of hydrogen-bond acceptors (Lipinski definition) is 6. The molecule has 0 radical (unpaired) electrons. The SMILES string of the molecule is CC[C@H](C)[C@H](NC(=O)c1ccncc1)C(=O)NCCCCCNC(=O)[C@@H](NC(=O)c1ccncc1)[C@@H](C)CC. The zero-order valence-corrected chi connectivity index (χ0v) is 23.4. The van der Waals surface area contributed by atoms with Crippen LogP contribution in [-0.4, -0.2) is 58.8 Å². The topological polar surface area (TPSA) is 142 Å². The Balaban J connectivity index is 1.74. The number of hydrogen-bond donors (Lipinski definition) is 4. The Labute approximate surface area is 231 Å². The quantitative estimate of drug-likeness (QED) is 0.242. The highest BCUT2D eigenvalue weighted by Crippen LogP contribution is 2.11. The minimum Gasteiger partial charge on any atom is -0.354 e. The normalized spacial score (nSPS) is 13.8. The van der Waals surface area contributed by atoms with Gasteiger partial charge in [0.05, 0.1) is 0 Å². The van der Waals surface area contributed by atoms with Crippen LogP contribution in [0, 0.1) is 11.8 Å². The van der Waals surface area contributed by atoms with Crippen molar-refractivity contribution in [2.24, 2.45) is 11.8 Å². The van der Waals surface area contributed by atoms with Crippen molar-refractivity contribution in [1.29, 1.82) is 0 Å². The number of carbonyl (C=O) groups is 4. The first-order valence-electron chi connectivity index (χ1n) is 13.8. The highest BCUT2D eigenvalue weighted by atomic mass is 16.2. The zero-order valence-electron chi connectivity index (χ0n) is 23.4. The standard InChI is InChI=1S/C29H42N6O4/c1-5-20(3)24(34-26(36)22-10-16-30-17-11-22)28(38)32-14-8-7-9-15-33-29(39)25(21(4)6-2)35-27(37)23-12-18-31-19-13-23/h10-13,16-21,24-25H,5-9,14-15H2,1-4H3,(H,32,38)(H,33,39)(H,34,36)(H,35,37)/t20-,21-,24-,25-/m0/s1. The van der Waals surface area contributed by atoms with E-state index < -0.39 is 12.1 Å². The van der Waals surface area contributed by atoms with Gasteiger partial charge in [0.25, 0.3) is 11.8 Å². The molecule has 4 atom stereocenters. The minimum atomic E-state index is -0.630. The van der Waals surface area contributed by atoms with Crippen LogP contribution in [0.1, 0.15) is 80.5 Å². The van der Waals surface area contributed by atoms with Crippen LogP contribution in [0.15, 0.2) is 49.1 Å². The highest BCUT2D eigenvalue weighted by molar-refractivity contribution is 5.98. The van der Waals surface area contributed by atoms with Crippen LogP contribution < -0.4 is 21.3 Å². The van der Waals surface area contributed by atoms with Gasteiger partial charge in [0.15, 0.2) is 0 Å². The summed E-state index contributed by atoms with van der Waals surface area (Å²) in [6.07, 6.45) is 9.93. The van der Waals surface area contributed by atoms with Crippen LogP contribution in [0.3, 0.4) is 0 Å². The van der Waals surface area contributed by atoms with Crippen molar-refractivity contribution in [2.45, 2.75) is 71.9 Å². The van der Waals surface area contributed by atoms with Gasteiger partial charge in [-0.2, -0.15) is 0 Å². The summed E-state index contributed by atoms with van der Waals surface area (Å²) in [6.45, 7) is 8.78. The lowest BCUT2D eigenvalue weighted by atomic mass is 9.97. The fourth-order valence-electron chi connectivity index (χ4n) is 3.93. The first-order valence-corrected chi connectivity index (χ1v) is 13.8. The third kappa shape index (κ3) is 10.5. The molecule has 4 N–H and O–H groups in total. The summed E-state index contributed by atoms with van der Waals surface area (Å²) in [5, 5.41) is 11.5. The van der Waals surface area contributed by atoms with Gasteiger partial charge in [-0.25, -0.2) is 0 Å². The fraction of sp³-hybridized carbons (Fsp3) is 0.517. The molecule has 0 saturated carbocycles. The molecule has 0 bridgehead atoms. The molecule has 0 aliphatic carbocycles. The average molecular weight is 539 g/mol. The van der Waals surface area contributed by atoms with Crippen molar-refractivity contribution in [3.63, 3.8) is 0 Å². The summed E-state index contributed by atoms with van der Waals surface area (Å²) in [7, 11) is 0. The second kappa shape index (κ2) is 16.9. The summed E-state index contributed by atoms with van der Waals surface area (Å²) in [4.78, 5) is 58.5. The molecule has 0 fully saturated rings. The van der Waals surface area contributed by atoms with Crippen LogP contribution in [0.4, 0.5) is 0 Å². The maximum absolute atomic E-state index is 12.8. The van der Waals surface area contributed by atoms with Crippen LogP contribution >= 0.6 is 0 Å². The number of amides is 4. The van der Waals surface area contributed by atoms with Gasteiger partial charge in [-0.3, -0.25) is 29.1 Å². The largest absolute Gasteiger partial charge is 0.354 e. The van der Waals surface area contributed by atoms with Gasteiger partial charge in [0.1, 0.15) is 12.1 Å². The van der Waals surface area contributed by atoms with Crippen molar-refractivity contribution in [1.82, 2.24) is 31.2 Å². The van der Waals surface area contributed by atoms with Gasteiger partial charge in [-0.1, -0.05) is 40.5 Å². The Morgan fingerprint density at radius 3 is 1.33 bits per heavy atom. The van der Waals surface area contributed by atoms with Gasteiger partial charge in [0, 0.05) is 49.0 Å². The predicted octanol–water partition coefficient (Wildman–Crippen LogP) is 2.87. The lowest BCUT2D eigenvalue weighted by Gasteiger charge is -2.24. The molecule has 0 unspecified atom stereocenters. The number of aromatic nitrogens is 2. The Morgan fingerprint density at radius 2 is 1.00 bits per heavy atom. The molecule has 4 amide bonds. The summed E-state index contributed by atoms with van der Waals surface area (Å²) in [5.41, 5.74) is 0.918. The molecule has 39 heavy (non-hydrogen) atoms. The number of carbonyl (C=O) groups excluding carboxylic acids is 4. The van der Waals surface area contributed by atoms with E-state index in [-0.39, 0.29) is 35.5 Å².